The number of nitrogens with one attached hydrogen (secondary N) is 1. The van der Waals surface area contributed by atoms with Gasteiger partial charge in [0.2, 0.25) is 0 Å². The van der Waals surface area contributed by atoms with E-state index in [-0.39, 0.29) is 5.91 Å². The van der Waals surface area contributed by atoms with Crippen LogP contribution in [0, 0.1) is 0 Å². The molecule has 2 heterocycles. The smallest absolute Gasteiger partial charge is 0.268 e. The first-order chi connectivity index (χ1) is 14.7. The highest BCUT2D eigenvalue weighted by Gasteiger charge is 2.19. The van der Waals surface area contributed by atoms with Crippen LogP contribution >= 0.6 is 11.6 Å². The molecule has 0 atom stereocenters. The highest BCUT2D eigenvalue weighted by molar-refractivity contribution is 6.31. The molecular weight excluding hydrogens is 398 g/mol. The Balaban J connectivity index is 1.64. The van der Waals surface area contributed by atoms with Gasteiger partial charge in [-0.05, 0) is 62.7 Å². The molecule has 0 radical (unpaired) electrons. The fourth-order valence-electron chi connectivity index (χ4n) is 4.12. The van der Waals surface area contributed by atoms with E-state index in [1.54, 1.807) is 0 Å². The van der Waals surface area contributed by atoms with E-state index >= 15 is 0 Å². The predicted molar refractivity (Wildman–Crippen MR) is 122 cm³/mol. The summed E-state index contributed by atoms with van der Waals surface area (Å²) in [5.74, 6) is 0.721. The number of carbonyl (C=O) groups is 1. The van der Waals surface area contributed by atoms with E-state index in [1.807, 2.05) is 60.0 Å². The van der Waals surface area contributed by atoms with Crippen LogP contribution in [0.3, 0.4) is 0 Å². The number of ether oxygens (including phenoxy) is 1. The molecule has 1 saturated heterocycles. The number of likely N-dealkylation sites (tertiary alicyclic amines) is 1. The molecule has 0 unspecified atom stereocenters. The number of nitrogens with zero attached hydrogens (tertiary/aromatic N) is 2. The molecule has 1 amide bonds. The summed E-state index contributed by atoms with van der Waals surface area (Å²) in [6.45, 7) is 6.84. The third-order valence-electron chi connectivity index (χ3n) is 5.64. The SMILES string of the molecule is CCOc1cccc2c1cc(C(=O)NCCN1CCCC1)n2Cc1ccccc1Cl. The second kappa shape index (κ2) is 9.54. The topological polar surface area (TPSA) is 46.5 Å². The summed E-state index contributed by atoms with van der Waals surface area (Å²) >= 11 is 6.42. The first-order valence-corrected chi connectivity index (χ1v) is 11.0. The highest BCUT2D eigenvalue weighted by atomic mass is 35.5. The zero-order valence-electron chi connectivity index (χ0n) is 17.4. The van der Waals surface area contributed by atoms with Crippen molar-refractivity contribution in [1.29, 1.82) is 0 Å². The minimum Gasteiger partial charge on any atom is -0.493 e. The molecule has 0 saturated carbocycles. The minimum atomic E-state index is -0.0695. The van der Waals surface area contributed by atoms with Gasteiger partial charge in [-0.2, -0.15) is 0 Å². The number of fused-ring (bicyclic) bond motifs is 1. The molecular formula is C24H28ClN3O2. The van der Waals surface area contributed by atoms with Gasteiger partial charge >= 0.3 is 0 Å². The Kier molecular flexibility index (Phi) is 6.60. The van der Waals surface area contributed by atoms with Crippen LogP contribution in [-0.4, -0.2) is 48.2 Å². The maximum absolute atomic E-state index is 13.1. The molecule has 4 rings (SSSR count). The van der Waals surface area contributed by atoms with Crippen molar-refractivity contribution < 1.29 is 9.53 Å². The quantitative estimate of drug-likeness (QED) is 0.575. The van der Waals surface area contributed by atoms with Crippen molar-refractivity contribution in [2.24, 2.45) is 0 Å². The molecule has 1 aliphatic rings. The van der Waals surface area contributed by atoms with Crippen LogP contribution in [0.1, 0.15) is 35.8 Å². The summed E-state index contributed by atoms with van der Waals surface area (Å²) in [6.07, 6.45) is 2.50. The number of rotatable bonds is 8. The summed E-state index contributed by atoms with van der Waals surface area (Å²) < 4.78 is 7.84. The van der Waals surface area contributed by atoms with Gasteiger partial charge < -0.3 is 19.5 Å². The standard InChI is InChI=1S/C24H28ClN3O2/c1-2-30-23-11-7-10-21-19(23)16-22(24(29)26-12-15-27-13-5-6-14-27)28(21)17-18-8-3-4-9-20(18)25/h3-4,7-11,16H,2,5-6,12-15,17H2,1H3,(H,26,29). The van der Waals surface area contributed by atoms with E-state index in [2.05, 4.69) is 10.2 Å². The van der Waals surface area contributed by atoms with E-state index < -0.39 is 0 Å². The van der Waals surface area contributed by atoms with Crippen LogP contribution in [0.15, 0.2) is 48.5 Å². The number of hydrogen-bond donors (Lipinski definition) is 1. The Bertz CT molecular complexity index is 1020. The van der Waals surface area contributed by atoms with E-state index in [9.17, 15) is 4.79 Å². The Morgan fingerprint density at radius 2 is 1.93 bits per heavy atom. The zero-order chi connectivity index (χ0) is 20.9. The first kappa shape index (κ1) is 20.8. The normalized spacial score (nSPS) is 14.3. The molecule has 0 aliphatic carbocycles. The van der Waals surface area contributed by atoms with Crippen molar-refractivity contribution in [2.45, 2.75) is 26.3 Å². The Morgan fingerprint density at radius 1 is 1.13 bits per heavy atom. The van der Waals surface area contributed by atoms with Gasteiger partial charge in [-0.1, -0.05) is 35.9 Å². The van der Waals surface area contributed by atoms with Crippen LogP contribution in [0.4, 0.5) is 0 Å². The monoisotopic (exact) mass is 425 g/mol. The van der Waals surface area contributed by atoms with Gasteiger partial charge in [-0.15, -0.1) is 0 Å². The van der Waals surface area contributed by atoms with Crippen molar-refractivity contribution in [3.05, 3.63) is 64.8 Å². The summed E-state index contributed by atoms with van der Waals surface area (Å²) in [6, 6.07) is 15.6. The van der Waals surface area contributed by atoms with Gasteiger partial charge in [0.25, 0.3) is 5.91 Å². The van der Waals surface area contributed by atoms with Gasteiger partial charge in [0, 0.05) is 30.0 Å². The molecule has 30 heavy (non-hydrogen) atoms. The summed E-state index contributed by atoms with van der Waals surface area (Å²) in [5, 5.41) is 4.74. The molecule has 0 spiro atoms. The van der Waals surface area contributed by atoms with E-state index in [1.165, 1.54) is 12.8 Å². The first-order valence-electron chi connectivity index (χ1n) is 10.7. The molecule has 1 fully saturated rings. The Labute approximate surface area is 182 Å². The largest absolute Gasteiger partial charge is 0.493 e. The number of carbonyl (C=O) groups excluding carboxylic acids is 1. The van der Waals surface area contributed by atoms with Gasteiger partial charge in [0.05, 0.1) is 12.1 Å². The van der Waals surface area contributed by atoms with Crippen molar-refractivity contribution in [3.63, 3.8) is 0 Å². The molecule has 158 valence electrons. The van der Waals surface area contributed by atoms with Gasteiger partial charge in [-0.3, -0.25) is 4.79 Å². The lowest BCUT2D eigenvalue weighted by molar-refractivity contribution is 0.0941. The van der Waals surface area contributed by atoms with Crippen molar-refractivity contribution >= 4 is 28.4 Å². The van der Waals surface area contributed by atoms with Crippen LogP contribution in [-0.2, 0) is 6.54 Å². The van der Waals surface area contributed by atoms with Crippen molar-refractivity contribution in [2.75, 3.05) is 32.8 Å². The molecule has 1 N–H and O–H groups in total. The fourth-order valence-corrected chi connectivity index (χ4v) is 4.31. The number of amides is 1. The average molecular weight is 426 g/mol. The van der Waals surface area contributed by atoms with Gasteiger partial charge in [0.1, 0.15) is 11.4 Å². The number of halogens is 1. The van der Waals surface area contributed by atoms with Crippen molar-refractivity contribution in [1.82, 2.24) is 14.8 Å². The minimum absolute atomic E-state index is 0.0695. The predicted octanol–water partition coefficient (Wildman–Crippen LogP) is 4.57. The van der Waals surface area contributed by atoms with Gasteiger partial charge in [0.15, 0.2) is 0 Å². The van der Waals surface area contributed by atoms with E-state index in [4.69, 9.17) is 16.3 Å². The van der Waals surface area contributed by atoms with Crippen LogP contribution in [0.5, 0.6) is 5.75 Å². The number of aromatic nitrogens is 1. The number of benzene rings is 2. The van der Waals surface area contributed by atoms with Crippen LogP contribution in [0.2, 0.25) is 5.02 Å². The molecule has 6 heteroatoms. The summed E-state index contributed by atoms with van der Waals surface area (Å²) in [7, 11) is 0. The van der Waals surface area contributed by atoms with Crippen LogP contribution in [0.25, 0.3) is 10.9 Å². The Morgan fingerprint density at radius 3 is 2.70 bits per heavy atom. The van der Waals surface area contributed by atoms with Gasteiger partial charge in [-0.25, -0.2) is 0 Å². The second-order valence-electron chi connectivity index (χ2n) is 7.63. The molecule has 5 nitrogen and oxygen atoms in total. The lowest BCUT2D eigenvalue weighted by Gasteiger charge is -2.16. The molecule has 3 aromatic rings. The second-order valence-corrected chi connectivity index (χ2v) is 8.04. The molecule has 2 aromatic carbocycles. The Hall–Kier alpha value is -2.50. The highest BCUT2D eigenvalue weighted by Crippen LogP contribution is 2.30. The molecule has 0 bridgehead atoms. The van der Waals surface area contributed by atoms with E-state index in [0.717, 1.165) is 41.9 Å². The maximum Gasteiger partial charge on any atom is 0.268 e. The molecule has 1 aliphatic heterocycles. The van der Waals surface area contributed by atoms with Crippen LogP contribution < -0.4 is 10.1 Å². The molecule has 1 aromatic heterocycles. The zero-order valence-corrected chi connectivity index (χ0v) is 18.1. The maximum atomic E-state index is 13.1. The van der Waals surface area contributed by atoms with E-state index in [0.29, 0.717) is 30.4 Å². The third kappa shape index (κ3) is 4.47. The summed E-state index contributed by atoms with van der Waals surface area (Å²) in [5.41, 5.74) is 2.56. The fraction of sp³-hybridized carbons (Fsp3) is 0.375. The summed E-state index contributed by atoms with van der Waals surface area (Å²) in [4.78, 5) is 15.5. The number of hydrogen-bond acceptors (Lipinski definition) is 3. The third-order valence-corrected chi connectivity index (χ3v) is 6.01. The average Bonchev–Trinajstić information content (AvgIpc) is 3.39. The lowest BCUT2D eigenvalue weighted by atomic mass is 10.2. The lowest BCUT2D eigenvalue weighted by Crippen LogP contribution is -2.34. The van der Waals surface area contributed by atoms with Crippen molar-refractivity contribution in [3.8, 4) is 5.75 Å².